The minimum absolute atomic E-state index is 0.534. The maximum absolute atomic E-state index is 5.14. The number of benzene rings is 1. The van der Waals surface area contributed by atoms with Gasteiger partial charge in [0, 0.05) is 25.3 Å². The average Bonchev–Trinajstić information content (AvgIpc) is 2.50. The van der Waals surface area contributed by atoms with E-state index < -0.39 is 0 Å². The number of hydrogen-bond donors (Lipinski definition) is 1. The van der Waals surface area contributed by atoms with Crippen LogP contribution in [-0.2, 0) is 4.74 Å². The van der Waals surface area contributed by atoms with Crippen molar-refractivity contribution in [2.24, 2.45) is 0 Å². The second kappa shape index (κ2) is 3.15. The van der Waals surface area contributed by atoms with Crippen LogP contribution in [0.4, 0.5) is 5.69 Å². The van der Waals surface area contributed by atoms with Crippen molar-refractivity contribution in [1.29, 1.82) is 0 Å². The Hall–Kier alpha value is -1.02. The van der Waals surface area contributed by atoms with Gasteiger partial charge in [-0.05, 0) is 11.6 Å². The van der Waals surface area contributed by atoms with Crippen LogP contribution >= 0.6 is 0 Å². The fourth-order valence-corrected chi connectivity index (χ4v) is 1.71. The molecule has 2 rings (SSSR count). The minimum Gasteiger partial charge on any atom is -0.384 e. The number of hydrogen-bond acceptors (Lipinski definition) is 2. The van der Waals surface area contributed by atoms with Gasteiger partial charge in [0.1, 0.15) is 0 Å². The predicted molar refractivity (Wildman–Crippen MR) is 49.5 cm³/mol. The van der Waals surface area contributed by atoms with Crippen LogP contribution in [0.1, 0.15) is 11.5 Å². The molecule has 0 unspecified atom stereocenters. The highest BCUT2D eigenvalue weighted by atomic mass is 16.5. The highest BCUT2D eigenvalue weighted by Gasteiger charge is 2.20. The quantitative estimate of drug-likeness (QED) is 0.718. The van der Waals surface area contributed by atoms with Crippen LogP contribution in [0.2, 0.25) is 0 Å². The van der Waals surface area contributed by atoms with E-state index in [9.17, 15) is 0 Å². The molecule has 0 bridgehead atoms. The Labute approximate surface area is 72.5 Å². The van der Waals surface area contributed by atoms with Gasteiger partial charge >= 0.3 is 0 Å². The van der Waals surface area contributed by atoms with Gasteiger partial charge in [0.15, 0.2) is 0 Å². The van der Waals surface area contributed by atoms with Crippen LogP contribution in [0, 0.1) is 0 Å². The average molecular weight is 163 g/mol. The Morgan fingerprint density at radius 2 is 2.33 bits per heavy atom. The number of fused-ring (bicyclic) bond motifs is 1. The molecule has 1 aliphatic rings. The zero-order chi connectivity index (χ0) is 8.39. The van der Waals surface area contributed by atoms with Crippen molar-refractivity contribution < 1.29 is 4.74 Å². The monoisotopic (exact) mass is 163 g/mol. The summed E-state index contributed by atoms with van der Waals surface area (Å²) in [6.45, 7) is 1.82. The van der Waals surface area contributed by atoms with Crippen molar-refractivity contribution >= 4 is 5.69 Å². The van der Waals surface area contributed by atoms with Crippen LogP contribution < -0.4 is 5.32 Å². The summed E-state index contributed by atoms with van der Waals surface area (Å²) in [5, 5.41) is 3.36. The molecule has 1 N–H and O–H groups in total. The van der Waals surface area contributed by atoms with E-state index in [1.165, 1.54) is 11.3 Å². The molecule has 1 heterocycles. The summed E-state index contributed by atoms with van der Waals surface area (Å²) in [6.07, 6.45) is 0. The Morgan fingerprint density at radius 1 is 1.50 bits per heavy atom. The summed E-state index contributed by atoms with van der Waals surface area (Å²) in [4.78, 5) is 0. The summed E-state index contributed by atoms with van der Waals surface area (Å²) in [6, 6.07) is 8.42. The van der Waals surface area contributed by atoms with Crippen molar-refractivity contribution in [3.05, 3.63) is 29.8 Å². The van der Waals surface area contributed by atoms with Crippen molar-refractivity contribution in [3.8, 4) is 0 Å². The van der Waals surface area contributed by atoms with E-state index in [4.69, 9.17) is 4.74 Å². The van der Waals surface area contributed by atoms with Crippen LogP contribution in [0.5, 0.6) is 0 Å². The standard InChI is InChI=1S/C10H13NO/c1-12-7-8-6-11-10-5-3-2-4-9(8)10/h2-5,8,11H,6-7H2,1H3/t8-/m0/s1. The van der Waals surface area contributed by atoms with Gasteiger partial charge in [-0.1, -0.05) is 18.2 Å². The second-order valence-corrected chi connectivity index (χ2v) is 3.12. The Kier molecular flexibility index (Phi) is 2.00. The molecule has 1 aliphatic heterocycles. The highest BCUT2D eigenvalue weighted by molar-refractivity contribution is 5.57. The zero-order valence-corrected chi connectivity index (χ0v) is 7.21. The summed E-state index contributed by atoms with van der Waals surface area (Å²) < 4.78 is 5.14. The lowest BCUT2D eigenvalue weighted by molar-refractivity contribution is 0.184. The van der Waals surface area contributed by atoms with Crippen LogP contribution in [0.15, 0.2) is 24.3 Å². The molecule has 0 spiro atoms. The third-order valence-electron chi connectivity index (χ3n) is 2.31. The number of anilines is 1. The molecule has 1 aromatic rings. The lowest BCUT2D eigenvalue weighted by Gasteiger charge is -2.07. The Morgan fingerprint density at radius 3 is 3.17 bits per heavy atom. The fraction of sp³-hybridized carbons (Fsp3) is 0.400. The molecular formula is C10H13NO. The van der Waals surface area contributed by atoms with E-state index >= 15 is 0 Å². The molecule has 0 saturated carbocycles. The van der Waals surface area contributed by atoms with Gasteiger partial charge in [-0.2, -0.15) is 0 Å². The zero-order valence-electron chi connectivity index (χ0n) is 7.21. The number of methoxy groups -OCH3 is 1. The summed E-state index contributed by atoms with van der Waals surface area (Å²) in [5.41, 5.74) is 2.65. The third kappa shape index (κ3) is 1.18. The maximum atomic E-state index is 5.14. The Bertz CT molecular complexity index is 270. The van der Waals surface area contributed by atoms with Crippen LogP contribution in [-0.4, -0.2) is 20.3 Å². The molecule has 12 heavy (non-hydrogen) atoms. The SMILES string of the molecule is COC[C@@H]1CNc2ccccc21. The van der Waals surface area contributed by atoms with Gasteiger partial charge in [-0.3, -0.25) is 0 Å². The molecule has 0 radical (unpaired) electrons. The number of para-hydroxylation sites is 1. The first-order valence-electron chi connectivity index (χ1n) is 4.23. The van der Waals surface area contributed by atoms with E-state index in [0.717, 1.165) is 13.2 Å². The smallest absolute Gasteiger partial charge is 0.0548 e. The first kappa shape index (κ1) is 7.62. The van der Waals surface area contributed by atoms with E-state index in [1.807, 2.05) is 0 Å². The molecule has 1 atom stereocenters. The van der Waals surface area contributed by atoms with Crippen molar-refractivity contribution in [3.63, 3.8) is 0 Å². The normalized spacial score (nSPS) is 20.2. The highest BCUT2D eigenvalue weighted by Crippen LogP contribution is 2.30. The first-order valence-corrected chi connectivity index (χ1v) is 4.23. The minimum atomic E-state index is 0.534. The topological polar surface area (TPSA) is 21.3 Å². The molecule has 2 nitrogen and oxygen atoms in total. The summed E-state index contributed by atoms with van der Waals surface area (Å²) in [7, 11) is 1.75. The number of rotatable bonds is 2. The van der Waals surface area contributed by atoms with E-state index in [0.29, 0.717) is 5.92 Å². The maximum Gasteiger partial charge on any atom is 0.0548 e. The molecule has 0 aromatic heterocycles. The molecule has 2 heteroatoms. The summed E-state index contributed by atoms with van der Waals surface area (Å²) in [5.74, 6) is 0.534. The van der Waals surface area contributed by atoms with E-state index in [1.54, 1.807) is 7.11 Å². The number of nitrogens with one attached hydrogen (secondary N) is 1. The van der Waals surface area contributed by atoms with Gasteiger partial charge in [0.05, 0.1) is 6.61 Å². The summed E-state index contributed by atoms with van der Waals surface area (Å²) >= 11 is 0. The van der Waals surface area contributed by atoms with Gasteiger partial charge in [0.2, 0.25) is 0 Å². The Balaban J connectivity index is 2.24. The molecular weight excluding hydrogens is 150 g/mol. The van der Waals surface area contributed by atoms with Crippen LogP contribution in [0.3, 0.4) is 0 Å². The molecule has 64 valence electrons. The molecule has 1 aromatic carbocycles. The molecule has 0 fully saturated rings. The van der Waals surface area contributed by atoms with Crippen LogP contribution in [0.25, 0.3) is 0 Å². The van der Waals surface area contributed by atoms with Gasteiger partial charge in [0.25, 0.3) is 0 Å². The van der Waals surface area contributed by atoms with Crippen molar-refractivity contribution in [2.75, 3.05) is 25.6 Å². The van der Waals surface area contributed by atoms with Gasteiger partial charge in [-0.15, -0.1) is 0 Å². The molecule has 0 saturated heterocycles. The van der Waals surface area contributed by atoms with Gasteiger partial charge < -0.3 is 10.1 Å². The first-order chi connectivity index (χ1) is 5.92. The van der Waals surface area contributed by atoms with Crippen molar-refractivity contribution in [1.82, 2.24) is 0 Å². The predicted octanol–water partition coefficient (Wildman–Crippen LogP) is 1.84. The van der Waals surface area contributed by atoms with E-state index in [-0.39, 0.29) is 0 Å². The second-order valence-electron chi connectivity index (χ2n) is 3.12. The van der Waals surface area contributed by atoms with E-state index in [2.05, 4.69) is 29.6 Å². The largest absolute Gasteiger partial charge is 0.384 e. The lowest BCUT2D eigenvalue weighted by atomic mass is 10.0. The van der Waals surface area contributed by atoms with Crippen molar-refractivity contribution in [2.45, 2.75) is 5.92 Å². The number of ether oxygens (including phenoxy) is 1. The molecule has 0 amide bonds. The third-order valence-corrected chi connectivity index (χ3v) is 2.31. The van der Waals surface area contributed by atoms with Gasteiger partial charge in [-0.25, -0.2) is 0 Å². The lowest BCUT2D eigenvalue weighted by Crippen LogP contribution is -2.07. The fourth-order valence-electron chi connectivity index (χ4n) is 1.71. The molecule has 0 aliphatic carbocycles.